The summed E-state index contributed by atoms with van der Waals surface area (Å²) in [6.07, 6.45) is 4.54. The zero-order valence-corrected chi connectivity index (χ0v) is 16.8. The fourth-order valence-electron chi connectivity index (χ4n) is 2.98. The Hall–Kier alpha value is -3.47. The van der Waals surface area contributed by atoms with Gasteiger partial charge >= 0.3 is 0 Å². The molecule has 2 amide bonds. The van der Waals surface area contributed by atoms with Crippen molar-refractivity contribution in [1.82, 2.24) is 4.98 Å². The van der Waals surface area contributed by atoms with E-state index in [0.717, 1.165) is 28.9 Å². The van der Waals surface area contributed by atoms with Crippen LogP contribution in [0.15, 0.2) is 73.1 Å². The SMILES string of the molecule is CCCC(=O)Nc1ccc(CN(C(=O)c2cccnc2)c2ccc(C)cc2)cc1. The summed E-state index contributed by atoms with van der Waals surface area (Å²) >= 11 is 0. The Morgan fingerprint density at radius 3 is 2.34 bits per heavy atom. The van der Waals surface area contributed by atoms with Crippen LogP contribution in [0.2, 0.25) is 0 Å². The maximum atomic E-state index is 13.1. The Balaban J connectivity index is 1.82. The second-order valence-corrected chi connectivity index (χ2v) is 6.96. The molecule has 0 bridgehead atoms. The first-order valence-corrected chi connectivity index (χ1v) is 9.74. The minimum absolute atomic E-state index is 0.00767. The summed E-state index contributed by atoms with van der Waals surface area (Å²) < 4.78 is 0. The van der Waals surface area contributed by atoms with Crippen LogP contribution in [0.3, 0.4) is 0 Å². The normalized spacial score (nSPS) is 10.4. The van der Waals surface area contributed by atoms with E-state index in [2.05, 4.69) is 10.3 Å². The Kier molecular flexibility index (Phi) is 6.74. The van der Waals surface area contributed by atoms with Crippen LogP contribution < -0.4 is 10.2 Å². The monoisotopic (exact) mass is 387 g/mol. The molecular formula is C24H25N3O2. The molecule has 0 saturated heterocycles. The standard InChI is InChI=1S/C24H25N3O2/c1-3-5-23(28)26-21-11-9-19(10-12-21)17-27(22-13-7-18(2)8-14-22)24(29)20-6-4-15-25-16-20/h4,6-16H,3,5,17H2,1-2H3,(H,26,28). The summed E-state index contributed by atoms with van der Waals surface area (Å²) in [6.45, 7) is 4.41. The molecule has 1 heterocycles. The molecule has 0 aliphatic rings. The summed E-state index contributed by atoms with van der Waals surface area (Å²) in [5.74, 6) is -0.101. The lowest BCUT2D eigenvalue weighted by atomic mass is 10.1. The first-order chi connectivity index (χ1) is 14.1. The molecule has 0 aliphatic heterocycles. The highest BCUT2D eigenvalue weighted by Gasteiger charge is 2.18. The molecule has 5 nitrogen and oxygen atoms in total. The fourth-order valence-corrected chi connectivity index (χ4v) is 2.98. The van der Waals surface area contributed by atoms with E-state index in [1.165, 1.54) is 0 Å². The molecular weight excluding hydrogens is 362 g/mol. The van der Waals surface area contributed by atoms with E-state index < -0.39 is 0 Å². The number of pyridine rings is 1. The molecule has 3 aromatic rings. The highest BCUT2D eigenvalue weighted by atomic mass is 16.2. The van der Waals surface area contributed by atoms with Crippen molar-refractivity contribution in [1.29, 1.82) is 0 Å². The maximum absolute atomic E-state index is 13.1. The molecule has 0 unspecified atom stereocenters. The number of anilines is 2. The van der Waals surface area contributed by atoms with Crippen LogP contribution in [0.25, 0.3) is 0 Å². The molecule has 0 saturated carbocycles. The van der Waals surface area contributed by atoms with Gasteiger partial charge in [-0.25, -0.2) is 0 Å². The number of carbonyl (C=O) groups excluding carboxylic acids is 2. The third-order valence-corrected chi connectivity index (χ3v) is 4.55. The summed E-state index contributed by atoms with van der Waals surface area (Å²) in [4.78, 5) is 30.7. The van der Waals surface area contributed by atoms with Crippen molar-refractivity contribution < 1.29 is 9.59 Å². The van der Waals surface area contributed by atoms with Crippen LogP contribution in [-0.2, 0) is 11.3 Å². The molecule has 0 atom stereocenters. The molecule has 3 rings (SSSR count). The summed E-state index contributed by atoms with van der Waals surface area (Å²) in [5.41, 5.74) is 4.22. The molecule has 0 radical (unpaired) electrons. The van der Waals surface area contributed by atoms with E-state index in [1.807, 2.05) is 62.4 Å². The van der Waals surface area contributed by atoms with E-state index in [4.69, 9.17) is 0 Å². The van der Waals surface area contributed by atoms with Crippen LogP contribution in [0.4, 0.5) is 11.4 Å². The minimum Gasteiger partial charge on any atom is -0.326 e. The molecule has 0 aliphatic carbocycles. The fraction of sp³-hybridized carbons (Fsp3) is 0.208. The molecule has 0 fully saturated rings. The second kappa shape index (κ2) is 9.64. The second-order valence-electron chi connectivity index (χ2n) is 6.96. The summed E-state index contributed by atoms with van der Waals surface area (Å²) in [5, 5.41) is 2.88. The van der Waals surface area contributed by atoms with Crippen LogP contribution in [0, 0.1) is 6.92 Å². The van der Waals surface area contributed by atoms with Gasteiger partial charge in [0.1, 0.15) is 0 Å². The van der Waals surface area contributed by atoms with Crippen molar-refractivity contribution in [2.45, 2.75) is 33.2 Å². The first kappa shape index (κ1) is 20.3. The van der Waals surface area contributed by atoms with Gasteiger partial charge in [0, 0.05) is 30.2 Å². The van der Waals surface area contributed by atoms with E-state index in [9.17, 15) is 9.59 Å². The van der Waals surface area contributed by atoms with Gasteiger partial charge in [-0.1, -0.05) is 36.8 Å². The highest BCUT2D eigenvalue weighted by Crippen LogP contribution is 2.22. The molecule has 0 spiro atoms. The van der Waals surface area contributed by atoms with Gasteiger partial charge in [0.25, 0.3) is 5.91 Å². The largest absolute Gasteiger partial charge is 0.326 e. The van der Waals surface area contributed by atoms with Crippen molar-refractivity contribution in [2.24, 2.45) is 0 Å². The van der Waals surface area contributed by atoms with Crippen molar-refractivity contribution in [2.75, 3.05) is 10.2 Å². The predicted octanol–water partition coefficient (Wildman–Crippen LogP) is 4.98. The van der Waals surface area contributed by atoms with Crippen molar-refractivity contribution >= 4 is 23.2 Å². The summed E-state index contributed by atoms with van der Waals surface area (Å²) in [6, 6.07) is 19.0. The van der Waals surface area contributed by atoms with E-state index in [0.29, 0.717) is 18.5 Å². The summed E-state index contributed by atoms with van der Waals surface area (Å²) in [7, 11) is 0. The zero-order chi connectivity index (χ0) is 20.6. The third-order valence-electron chi connectivity index (χ3n) is 4.55. The zero-order valence-electron chi connectivity index (χ0n) is 16.8. The number of nitrogens with zero attached hydrogens (tertiary/aromatic N) is 2. The van der Waals surface area contributed by atoms with E-state index in [-0.39, 0.29) is 11.8 Å². The molecule has 5 heteroatoms. The van der Waals surface area contributed by atoms with Crippen molar-refractivity contribution in [3.63, 3.8) is 0 Å². The van der Waals surface area contributed by atoms with Gasteiger partial charge in [0.05, 0.1) is 12.1 Å². The highest BCUT2D eigenvalue weighted by molar-refractivity contribution is 6.05. The van der Waals surface area contributed by atoms with E-state index >= 15 is 0 Å². The Bertz CT molecular complexity index is 952. The molecule has 1 aromatic heterocycles. The average Bonchev–Trinajstić information content (AvgIpc) is 2.74. The maximum Gasteiger partial charge on any atom is 0.260 e. The molecule has 2 aromatic carbocycles. The Morgan fingerprint density at radius 2 is 1.72 bits per heavy atom. The molecule has 29 heavy (non-hydrogen) atoms. The number of aromatic nitrogens is 1. The lowest BCUT2D eigenvalue weighted by Gasteiger charge is -2.23. The van der Waals surface area contributed by atoms with Crippen molar-refractivity contribution in [3.05, 3.63) is 89.7 Å². The lowest BCUT2D eigenvalue weighted by Crippen LogP contribution is -2.30. The number of hydrogen-bond acceptors (Lipinski definition) is 3. The number of nitrogens with one attached hydrogen (secondary N) is 1. The topological polar surface area (TPSA) is 62.3 Å². The van der Waals surface area contributed by atoms with Gasteiger partial charge in [-0.3, -0.25) is 14.6 Å². The van der Waals surface area contributed by atoms with Crippen molar-refractivity contribution in [3.8, 4) is 0 Å². The van der Waals surface area contributed by atoms with Crippen LogP contribution >= 0.6 is 0 Å². The third kappa shape index (κ3) is 5.51. The van der Waals surface area contributed by atoms with Gasteiger partial charge in [0.15, 0.2) is 0 Å². The minimum atomic E-state index is -0.109. The molecule has 148 valence electrons. The number of carbonyl (C=O) groups is 2. The number of aryl methyl sites for hydroxylation is 1. The van der Waals surface area contributed by atoms with Gasteiger partial charge < -0.3 is 10.2 Å². The number of hydrogen-bond donors (Lipinski definition) is 1. The number of benzene rings is 2. The lowest BCUT2D eigenvalue weighted by molar-refractivity contribution is -0.116. The quantitative estimate of drug-likeness (QED) is 0.622. The number of amides is 2. The van der Waals surface area contributed by atoms with Gasteiger partial charge in [-0.2, -0.15) is 0 Å². The van der Waals surface area contributed by atoms with Gasteiger partial charge in [-0.05, 0) is 55.3 Å². The van der Waals surface area contributed by atoms with Crippen LogP contribution in [-0.4, -0.2) is 16.8 Å². The number of rotatable bonds is 7. The van der Waals surface area contributed by atoms with Gasteiger partial charge in [0.2, 0.25) is 5.91 Å². The van der Waals surface area contributed by atoms with Crippen LogP contribution in [0.5, 0.6) is 0 Å². The first-order valence-electron chi connectivity index (χ1n) is 9.74. The average molecular weight is 387 g/mol. The Morgan fingerprint density at radius 1 is 1.00 bits per heavy atom. The Labute approximate surface area is 171 Å². The van der Waals surface area contributed by atoms with Crippen LogP contribution in [0.1, 0.15) is 41.3 Å². The molecule has 1 N–H and O–H groups in total. The van der Waals surface area contributed by atoms with E-state index in [1.54, 1.807) is 29.4 Å². The predicted molar refractivity (Wildman–Crippen MR) is 116 cm³/mol. The van der Waals surface area contributed by atoms with Gasteiger partial charge in [-0.15, -0.1) is 0 Å². The smallest absolute Gasteiger partial charge is 0.260 e.